The highest BCUT2D eigenvalue weighted by molar-refractivity contribution is 7.16. The fraction of sp³-hybridized carbons (Fsp3) is 0.308. The molecule has 10 heteroatoms. The molecule has 4 rings (SSSR count). The molecule has 3 aromatic rings. The zero-order chi connectivity index (χ0) is 25.5. The number of aromatic nitrogens is 3. The first-order valence-electron chi connectivity index (χ1n) is 11.6. The number of unbranched alkanes of at least 4 members (excludes halogenated alkanes) is 1. The summed E-state index contributed by atoms with van der Waals surface area (Å²) in [6.07, 6.45) is 12.3. The maximum Gasteiger partial charge on any atom is 0.222 e. The van der Waals surface area contributed by atoms with E-state index in [-0.39, 0.29) is 5.91 Å². The molecule has 1 N–H and O–H groups in total. The van der Waals surface area contributed by atoms with Gasteiger partial charge in [-0.25, -0.2) is 23.7 Å². The molecule has 7 nitrogen and oxygen atoms in total. The maximum atomic E-state index is 13.4. The van der Waals surface area contributed by atoms with E-state index in [0.717, 1.165) is 22.8 Å². The van der Waals surface area contributed by atoms with E-state index < -0.39 is 11.6 Å². The minimum Gasteiger partial charge on any atom is -0.353 e. The van der Waals surface area contributed by atoms with Gasteiger partial charge < -0.3 is 15.1 Å². The zero-order valence-corrected chi connectivity index (χ0v) is 20.7. The molecule has 0 spiro atoms. The third-order valence-corrected chi connectivity index (χ3v) is 6.51. The van der Waals surface area contributed by atoms with Crippen molar-refractivity contribution in [1.29, 1.82) is 0 Å². The minimum atomic E-state index is -0.883. The number of benzene rings is 1. The van der Waals surface area contributed by atoms with Crippen LogP contribution in [0.3, 0.4) is 0 Å². The number of hydrogen-bond acceptors (Lipinski definition) is 7. The summed E-state index contributed by atoms with van der Waals surface area (Å²) in [6.45, 7) is 4.49. The van der Waals surface area contributed by atoms with Gasteiger partial charge >= 0.3 is 0 Å². The van der Waals surface area contributed by atoms with Crippen LogP contribution in [-0.2, 0) is 4.79 Å². The second-order valence-electron chi connectivity index (χ2n) is 8.28. The van der Waals surface area contributed by atoms with E-state index in [2.05, 4.69) is 31.1 Å². The SMILES string of the molecule is C#CCCCC(=O)N1CCN(c2cc(Nc3ncc(/C=C/c4ccc(F)c(F)c4)s3)nc(C)n2)CC1. The summed E-state index contributed by atoms with van der Waals surface area (Å²) >= 11 is 1.41. The highest BCUT2D eigenvalue weighted by Crippen LogP contribution is 2.26. The van der Waals surface area contributed by atoms with Gasteiger partial charge in [-0.1, -0.05) is 23.5 Å². The molecule has 0 bridgehead atoms. The molecular weight excluding hydrogens is 482 g/mol. The van der Waals surface area contributed by atoms with Crippen molar-refractivity contribution in [3.8, 4) is 12.3 Å². The molecule has 0 radical (unpaired) electrons. The molecule has 1 aliphatic heterocycles. The molecule has 1 amide bonds. The number of hydrogen-bond donors (Lipinski definition) is 1. The maximum absolute atomic E-state index is 13.4. The summed E-state index contributed by atoms with van der Waals surface area (Å²) in [5.41, 5.74) is 0.558. The lowest BCUT2D eigenvalue weighted by molar-refractivity contribution is -0.131. The molecule has 0 unspecified atom stereocenters. The number of halogens is 2. The third kappa shape index (κ3) is 6.64. The van der Waals surface area contributed by atoms with Crippen molar-refractivity contribution in [2.75, 3.05) is 36.4 Å². The Morgan fingerprint density at radius 3 is 2.72 bits per heavy atom. The summed E-state index contributed by atoms with van der Waals surface area (Å²) in [7, 11) is 0. The number of carbonyl (C=O) groups is 1. The van der Waals surface area contributed by atoms with Crippen LogP contribution in [0.2, 0.25) is 0 Å². The topological polar surface area (TPSA) is 74.2 Å². The van der Waals surface area contributed by atoms with Gasteiger partial charge in [-0.2, -0.15) is 0 Å². The average molecular weight is 509 g/mol. The van der Waals surface area contributed by atoms with Gasteiger partial charge in [0.2, 0.25) is 5.91 Å². The lowest BCUT2D eigenvalue weighted by Crippen LogP contribution is -2.49. The normalized spacial score (nSPS) is 13.7. The Bertz CT molecular complexity index is 1290. The van der Waals surface area contributed by atoms with Crippen molar-refractivity contribution >= 4 is 46.2 Å². The first-order chi connectivity index (χ1) is 17.4. The van der Waals surface area contributed by atoms with Gasteiger partial charge in [0.25, 0.3) is 0 Å². The van der Waals surface area contributed by atoms with Gasteiger partial charge in [-0.3, -0.25) is 4.79 Å². The van der Waals surface area contributed by atoms with Crippen LogP contribution in [0.5, 0.6) is 0 Å². The molecular formula is C26H26F2N6OS. The van der Waals surface area contributed by atoms with Crippen LogP contribution in [0.25, 0.3) is 12.2 Å². The Kier molecular flexibility index (Phi) is 8.23. The van der Waals surface area contributed by atoms with Gasteiger partial charge in [-0.15, -0.1) is 12.3 Å². The first kappa shape index (κ1) is 25.3. The highest BCUT2D eigenvalue weighted by Gasteiger charge is 2.22. The van der Waals surface area contributed by atoms with Crippen LogP contribution in [0, 0.1) is 30.9 Å². The van der Waals surface area contributed by atoms with Crippen molar-refractivity contribution in [1.82, 2.24) is 19.9 Å². The molecule has 1 aromatic carbocycles. The Morgan fingerprint density at radius 2 is 1.97 bits per heavy atom. The van der Waals surface area contributed by atoms with Crippen LogP contribution < -0.4 is 10.2 Å². The number of carbonyl (C=O) groups excluding carboxylic acids is 1. The molecule has 0 atom stereocenters. The fourth-order valence-electron chi connectivity index (χ4n) is 3.79. The number of thiazole rings is 1. The van der Waals surface area contributed by atoms with Gasteiger partial charge in [0.1, 0.15) is 17.5 Å². The summed E-state index contributed by atoms with van der Waals surface area (Å²) < 4.78 is 26.5. The second-order valence-corrected chi connectivity index (χ2v) is 9.35. The Labute approximate surface area is 212 Å². The molecule has 1 saturated heterocycles. The molecule has 36 heavy (non-hydrogen) atoms. The van der Waals surface area contributed by atoms with E-state index in [4.69, 9.17) is 6.42 Å². The predicted molar refractivity (Wildman–Crippen MR) is 139 cm³/mol. The number of piperazine rings is 1. The summed E-state index contributed by atoms with van der Waals surface area (Å²) in [4.78, 5) is 30.6. The van der Waals surface area contributed by atoms with E-state index >= 15 is 0 Å². The number of aryl methyl sites for hydroxylation is 1. The van der Waals surface area contributed by atoms with Gasteiger partial charge in [0.05, 0.1) is 0 Å². The number of nitrogens with zero attached hydrogens (tertiary/aromatic N) is 5. The van der Waals surface area contributed by atoms with Crippen molar-refractivity contribution in [3.63, 3.8) is 0 Å². The molecule has 0 aliphatic carbocycles. The molecule has 3 heterocycles. The van der Waals surface area contributed by atoms with Crippen LogP contribution in [0.15, 0.2) is 30.5 Å². The smallest absolute Gasteiger partial charge is 0.222 e. The minimum absolute atomic E-state index is 0.143. The van der Waals surface area contributed by atoms with Gasteiger partial charge in [-0.05, 0) is 37.1 Å². The average Bonchev–Trinajstić information content (AvgIpc) is 3.31. The Balaban J connectivity index is 1.36. The molecule has 186 valence electrons. The number of terminal acetylenes is 1. The number of nitrogens with one attached hydrogen (secondary N) is 1. The van der Waals surface area contributed by atoms with Crippen LogP contribution in [-0.4, -0.2) is 51.9 Å². The lowest BCUT2D eigenvalue weighted by atomic mass is 10.2. The fourth-order valence-corrected chi connectivity index (χ4v) is 4.51. The first-order valence-corrected chi connectivity index (χ1v) is 12.4. The summed E-state index contributed by atoms with van der Waals surface area (Å²) in [5, 5.41) is 3.87. The molecule has 1 fully saturated rings. The Hall–Kier alpha value is -3.84. The van der Waals surface area contributed by atoms with E-state index in [1.807, 2.05) is 17.9 Å². The monoisotopic (exact) mass is 508 g/mol. The van der Waals surface area contributed by atoms with E-state index in [1.165, 1.54) is 17.4 Å². The molecule has 2 aromatic heterocycles. The second kappa shape index (κ2) is 11.7. The largest absolute Gasteiger partial charge is 0.353 e. The quantitative estimate of drug-likeness (QED) is 0.345. The molecule has 0 saturated carbocycles. The summed E-state index contributed by atoms with van der Waals surface area (Å²) in [6, 6.07) is 5.62. The predicted octanol–water partition coefficient (Wildman–Crippen LogP) is 4.89. The van der Waals surface area contributed by atoms with Gasteiger partial charge in [0, 0.05) is 56.2 Å². The molecule has 1 aliphatic rings. The number of rotatable bonds is 8. The van der Waals surface area contributed by atoms with Crippen LogP contribution in [0.1, 0.15) is 35.5 Å². The van der Waals surface area contributed by atoms with E-state index in [9.17, 15) is 13.6 Å². The Morgan fingerprint density at radius 1 is 1.17 bits per heavy atom. The van der Waals surface area contributed by atoms with E-state index in [1.54, 1.807) is 18.3 Å². The number of anilines is 3. The zero-order valence-electron chi connectivity index (χ0n) is 19.9. The van der Waals surface area contributed by atoms with Crippen LogP contribution >= 0.6 is 11.3 Å². The van der Waals surface area contributed by atoms with Crippen molar-refractivity contribution in [3.05, 3.63) is 58.4 Å². The van der Waals surface area contributed by atoms with E-state index in [0.29, 0.717) is 67.8 Å². The third-order valence-electron chi connectivity index (χ3n) is 5.63. The van der Waals surface area contributed by atoms with Crippen molar-refractivity contribution in [2.45, 2.75) is 26.2 Å². The number of amides is 1. The van der Waals surface area contributed by atoms with Crippen molar-refractivity contribution < 1.29 is 13.6 Å². The van der Waals surface area contributed by atoms with Crippen molar-refractivity contribution in [2.24, 2.45) is 0 Å². The van der Waals surface area contributed by atoms with Crippen LogP contribution in [0.4, 0.5) is 25.5 Å². The standard InChI is InChI=1S/C26H26F2N6OS/c1-3-4-5-6-25(35)34-13-11-33(12-14-34)24-16-23(30-18(2)31-24)32-26-29-17-20(36-26)9-7-19-8-10-21(27)22(28)15-19/h1,7-10,15-17H,4-6,11-14H2,2H3,(H,29,30,31,32)/b9-7+. The van der Waals surface area contributed by atoms with Gasteiger partial charge in [0.15, 0.2) is 16.8 Å². The lowest BCUT2D eigenvalue weighted by Gasteiger charge is -2.35. The summed E-state index contributed by atoms with van der Waals surface area (Å²) in [5.74, 6) is 2.99. The highest BCUT2D eigenvalue weighted by atomic mass is 32.1.